The Labute approximate surface area is 144 Å². The summed E-state index contributed by atoms with van der Waals surface area (Å²) in [6.45, 7) is 0. The number of nitrogens with zero attached hydrogens (tertiary/aromatic N) is 3. The van der Waals surface area contributed by atoms with Crippen LogP contribution in [0.15, 0.2) is 47.6 Å². The van der Waals surface area contributed by atoms with Crippen LogP contribution in [0.1, 0.15) is 15.9 Å². The second kappa shape index (κ2) is 7.36. The summed E-state index contributed by atoms with van der Waals surface area (Å²) in [7, 11) is 0. The minimum atomic E-state index is -0.982. The zero-order chi connectivity index (χ0) is 18.6. The molecule has 0 aliphatic rings. The Morgan fingerprint density at radius 3 is 2.20 bits per heavy atom. The highest BCUT2D eigenvalue weighted by atomic mass is 35.5. The number of non-ortho nitro benzene ring substituents is 1. The lowest BCUT2D eigenvalue weighted by Gasteiger charge is -2.02. The van der Waals surface area contributed by atoms with Crippen molar-refractivity contribution >= 4 is 34.8 Å². The van der Waals surface area contributed by atoms with Gasteiger partial charge in [-0.25, -0.2) is 4.79 Å². The van der Waals surface area contributed by atoms with Crippen LogP contribution >= 0.6 is 11.6 Å². The Morgan fingerprint density at radius 2 is 1.64 bits per heavy atom. The van der Waals surface area contributed by atoms with E-state index in [4.69, 9.17) is 17.3 Å². The van der Waals surface area contributed by atoms with Gasteiger partial charge >= 0.3 is 5.97 Å². The van der Waals surface area contributed by atoms with Crippen molar-refractivity contribution in [2.45, 2.75) is 0 Å². The van der Waals surface area contributed by atoms with Crippen LogP contribution in [0.3, 0.4) is 0 Å². The molecule has 2 aromatic rings. The maximum Gasteiger partial charge on any atom is 0.366 e. The minimum Gasteiger partial charge on any atom is -0.380 e. The summed E-state index contributed by atoms with van der Waals surface area (Å²) in [5.41, 5.74) is 5.18. The lowest BCUT2D eigenvalue weighted by molar-refractivity contribution is -0.385. The number of carbonyl (C=O) groups is 1. The Morgan fingerprint density at radius 1 is 1.04 bits per heavy atom. The molecule has 0 bridgehead atoms. The number of nitrogens with two attached hydrogens (primary N) is 1. The number of nitro groups is 2. The van der Waals surface area contributed by atoms with Crippen molar-refractivity contribution in [3.8, 4) is 0 Å². The van der Waals surface area contributed by atoms with Gasteiger partial charge in [0.05, 0.1) is 15.4 Å². The molecule has 2 rings (SSSR count). The van der Waals surface area contributed by atoms with E-state index in [2.05, 4.69) is 9.99 Å². The molecule has 25 heavy (non-hydrogen) atoms. The molecule has 2 N–H and O–H groups in total. The van der Waals surface area contributed by atoms with Gasteiger partial charge in [-0.2, -0.15) is 0 Å². The second-order valence-corrected chi connectivity index (χ2v) is 4.99. The van der Waals surface area contributed by atoms with Crippen LogP contribution < -0.4 is 5.73 Å². The van der Waals surface area contributed by atoms with Gasteiger partial charge in [-0.15, -0.1) is 0 Å². The van der Waals surface area contributed by atoms with Gasteiger partial charge in [0.1, 0.15) is 5.02 Å². The first-order chi connectivity index (χ1) is 11.8. The molecule has 0 spiro atoms. The molecule has 2 aromatic carbocycles. The summed E-state index contributed by atoms with van der Waals surface area (Å²) < 4.78 is 0. The molecule has 128 valence electrons. The number of carbonyl (C=O) groups excluding carboxylic acids is 1. The van der Waals surface area contributed by atoms with Crippen LogP contribution in [0.4, 0.5) is 11.4 Å². The molecule has 0 unspecified atom stereocenters. The molecule has 0 heterocycles. The molecular weight excluding hydrogens is 356 g/mol. The van der Waals surface area contributed by atoms with Gasteiger partial charge in [0, 0.05) is 23.8 Å². The highest BCUT2D eigenvalue weighted by Gasteiger charge is 2.17. The fourth-order valence-corrected chi connectivity index (χ4v) is 1.92. The number of rotatable bonds is 5. The van der Waals surface area contributed by atoms with Gasteiger partial charge in [0.2, 0.25) is 0 Å². The smallest absolute Gasteiger partial charge is 0.366 e. The summed E-state index contributed by atoms with van der Waals surface area (Å²) in [6.07, 6.45) is 0. The predicted molar refractivity (Wildman–Crippen MR) is 87.3 cm³/mol. The molecule has 0 amide bonds. The van der Waals surface area contributed by atoms with Crippen molar-refractivity contribution in [2.24, 2.45) is 10.9 Å². The van der Waals surface area contributed by atoms with Gasteiger partial charge in [-0.05, 0) is 24.3 Å². The van der Waals surface area contributed by atoms with Crippen molar-refractivity contribution < 1.29 is 19.5 Å². The van der Waals surface area contributed by atoms with E-state index < -0.39 is 21.5 Å². The van der Waals surface area contributed by atoms with E-state index in [1.54, 1.807) is 0 Å². The maximum absolute atomic E-state index is 11.9. The number of hydrogen-bond donors (Lipinski definition) is 1. The van der Waals surface area contributed by atoms with E-state index in [1.807, 2.05) is 0 Å². The number of oxime groups is 1. The fourth-order valence-electron chi connectivity index (χ4n) is 1.73. The van der Waals surface area contributed by atoms with Crippen LogP contribution in [0.5, 0.6) is 0 Å². The molecule has 10 nitrogen and oxygen atoms in total. The van der Waals surface area contributed by atoms with Crippen molar-refractivity contribution in [1.82, 2.24) is 0 Å². The Hall–Kier alpha value is -3.53. The van der Waals surface area contributed by atoms with Crippen molar-refractivity contribution in [2.75, 3.05) is 0 Å². The van der Waals surface area contributed by atoms with E-state index in [9.17, 15) is 25.0 Å². The number of benzene rings is 2. The Bertz CT molecular complexity index is 881. The third-order valence-electron chi connectivity index (χ3n) is 2.98. The molecular formula is C14H9ClN4O6. The lowest BCUT2D eigenvalue weighted by atomic mass is 10.2. The average Bonchev–Trinajstić information content (AvgIpc) is 2.59. The van der Waals surface area contributed by atoms with E-state index in [-0.39, 0.29) is 22.1 Å². The molecule has 11 heteroatoms. The summed E-state index contributed by atoms with van der Waals surface area (Å²) in [5, 5.41) is 24.7. The van der Waals surface area contributed by atoms with Gasteiger partial charge in [0.15, 0.2) is 5.84 Å². The predicted octanol–water partition coefficient (Wildman–Crippen LogP) is 2.63. The molecule has 0 saturated heterocycles. The number of halogens is 1. The van der Waals surface area contributed by atoms with Gasteiger partial charge in [-0.3, -0.25) is 20.2 Å². The Balaban J connectivity index is 2.15. The lowest BCUT2D eigenvalue weighted by Crippen LogP contribution is -2.15. The zero-order valence-corrected chi connectivity index (χ0v) is 13.0. The summed E-state index contributed by atoms with van der Waals surface area (Å²) in [6, 6.07) is 8.44. The average molecular weight is 365 g/mol. The highest BCUT2D eigenvalue weighted by molar-refractivity contribution is 6.32. The molecule has 0 saturated carbocycles. The molecule has 0 radical (unpaired) electrons. The standard InChI is InChI=1S/C14H9ClN4O6/c15-11-6-3-9(7-12(11)19(23)24)14(20)25-17-13(16)8-1-4-10(5-2-8)18(21)22/h1-7H,(H2,16,17). The topological polar surface area (TPSA) is 151 Å². The molecule has 0 fully saturated rings. The van der Waals surface area contributed by atoms with E-state index in [1.165, 1.54) is 36.4 Å². The number of nitro benzene ring substituents is 2. The molecule has 0 aromatic heterocycles. The monoisotopic (exact) mass is 364 g/mol. The summed E-state index contributed by atoms with van der Waals surface area (Å²) in [4.78, 5) is 36.5. The van der Waals surface area contributed by atoms with Crippen molar-refractivity contribution in [1.29, 1.82) is 0 Å². The SMILES string of the molecule is N/C(=N\OC(=O)c1ccc(Cl)c([N+](=O)[O-])c1)c1ccc([N+](=O)[O-])cc1. The van der Waals surface area contributed by atoms with Crippen molar-refractivity contribution in [3.05, 3.63) is 78.8 Å². The molecule has 0 atom stereocenters. The Kier molecular flexibility index (Phi) is 5.25. The normalized spacial score (nSPS) is 11.0. The number of amidine groups is 1. The first-order valence-electron chi connectivity index (χ1n) is 6.53. The van der Waals surface area contributed by atoms with Crippen molar-refractivity contribution in [3.63, 3.8) is 0 Å². The first kappa shape index (κ1) is 17.8. The van der Waals surface area contributed by atoms with Crippen LogP contribution in [0.25, 0.3) is 0 Å². The quantitative estimate of drug-likeness (QED) is 0.281. The second-order valence-electron chi connectivity index (χ2n) is 4.58. The van der Waals surface area contributed by atoms with Gasteiger partial charge in [-0.1, -0.05) is 16.8 Å². The van der Waals surface area contributed by atoms with Gasteiger partial charge < -0.3 is 10.6 Å². The third-order valence-corrected chi connectivity index (χ3v) is 3.30. The maximum atomic E-state index is 11.9. The van der Waals surface area contributed by atoms with Crippen LogP contribution in [0.2, 0.25) is 5.02 Å². The van der Waals surface area contributed by atoms with Crippen LogP contribution in [-0.2, 0) is 4.84 Å². The zero-order valence-electron chi connectivity index (χ0n) is 12.3. The largest absolute Gasteiger partial charge is 0.380 e. The highest BCUT2D eigenvalue weighted by Crippen LogP contribution is 2.25. The summed E-state index contributed by atoms with van der Waals surface area (Å²) in [5.74, 6) is -1.18. The van der Waals surface area contributed by atoms with E-state index in [0.717, 1.165) is 6.07 Å². The summed E-state index contributed by atoms with van der Waals surface area (Å²) >= 11 is 5.65. The fraction of sp³-hybridized carbons (Fsp3) is 0. The van der Waals surface area contributed by atoms with Gasteiger partial charge in [0.25, 0.3) is 11.4 Å². The van der Waals surface area contributed by atoms with Crippen LogP contribution in [0, 0.1) is 20.2 Å². The van der Waals surface area contributed by atoms with E-state index >= 15 is 0 Å². The molecule has 0 aliphatic carbocycles. The molecule has 0 aliphatic heterocycles. The number of hydrogen-bond acceptors (Lipinski definition) is 7. The minimum absolute atomic E-state index is 0.129. The third kappa shape index (κ3) is 4.26. The van der Waals surface area contributed by atoms with E-state index in [0.29, 0.717) is 5.56 Å². The van der Waals surface area contributed by atoms with Crippen LogP contribution in [-0.4, -0.2) is 21.7 Å². The first-order valence-corrected chi connectivity index (χ1v) is 6.91.